The van der Waals surface area contributed by atoms with Crippen molar-refractivity contribution in [2.75, 3.05) is 20.3 Å². The first kappa shape index (κ1) is 16.3. The molecule has 2 aromatic carbocycles. The second-order valence-corrected chi connectivity index (χ2v) is 5.11. The topological polar surface area (TPSA) is 54.3 Å². The Balaban J connectivity index is 2.07. The van der Waals surface area contributed by atoms with Crippen molar-refractivity contribution >= 4 is 11.6 Å². The molecule has 22 heavy (non-hydrogen) atoms. The maximum Gasteiger partial charge on any atom is 0.146 e. The van der Waals surface area contributed by atoms with Gasteiger partial charge in [0.25, 0.3) is 0 Å². The number of nitriles is 1. The van der Waals surface area contributed by atoms with Gasteiger partial charge in [0.05, 0.1) is 12.2 Å². The number of rotatable bonds is 7. The molecule has 4 nitrogen and oxygen atoms in total. The van der Waals surface area contributed by atoms with Gasteiger partial charge in [-0.15, -0.1) is 0 Å². The van der Waals surface area contributed by atoms with Crippen molar-refractivity contribution in [3.8, 4) is 17.6 Å². The van der Waals surface area contributed by atoms with E-state index in [2.05, 4.69) is 11.4 Å². The lowest BCUT2D eigenvalue weighted by Crippen LogP contribution is -2.18. The van der Waals surface area contributed by atoms with Gasteiger partial charge in [-0.3, -0.25) is 0 Å². The van der Waals surface area contributed by atoms with Crippen LogP contribution in [0.2, 0.25) is 5.02 Å². The Morgan fingerprint density at radius 2 is 2.09 bits per heavy atom. The van der Waals surface area contributed by atoms with Gasteiger partial charge >= 0.3 is 0 Å². The highest BCUT2D eigenvalue weighted by Gasteiger charge is 2.06. The smallest absolute Gasteiger partial charge is 0.146 e. The highest BCUT2D eigenvalue weighted by atomic mass is 35.5. The summed E-state index contributed by atoms with van der Waals surface area (Å²) in [5.74, 6) is 1.13. The largest absolute Gasteiger partial charge is 0.456 e. The van der Waals surface area contributed by atoms with Crippen LogP contribution < -0.4 is 10.1 Å². The van der Waals surface area contributed by atoms with Gasteiger partial charge in [0.15, 0.2) is 0 Å². The zero-order valence-corrected chi connectivity index (χ0v) is 13.1. The fourth-order valence-electron chi connectivity index (χ4n) is 1.93. The summed E-state index contributed by atoms with van der Waals surface area (Å²) < 4.78 is 10.8. The monoisotopic (exact) mass is 316 g/mol. The van der Waals surface area contributed by atoms with Crippen LogP contribution in [0.25, 0.3) is 0 Å². The van der Waals surface area contributed by atoms with E-state index in [-0.39, 0.29) is 0 Å². The van der Waals surface area contributed by atoms with Gasteiger partial charge in [-0.1, -0.05) is 23.7 Å². The van der Waals surface area contributed by atoms with Crippen LogP contribution in [-0.4, -0.2) is 20.3 Å². The van der Waals surface area contributed by atoms with Crippen LogP contribution in [0.4, 0.5) is 0 Å². The van der Waals surface area contributed by atoms with E-state index < -0.39 is 0 Å². The van der Waals surface area contributed by atoms with E-state index >= 15 is 0 Å². The summed E-state index contributed by atoms with van der Waals surface area (Å²) in [5.41, 5.74) is 1.54. The van der Waals surface area contributed by atoms with Crippen LogP contribution in [0.15, 0.2) is 42.5 Å². The first-order valence-electron chi connectivity index (χ1n) is 6.89. The molecule has 0 heterocycles. The number of nitrogens with one attached hydrogen (secondary N) is 1. The van der Waals surface area contributed by atoms with Gasteiger partial charge in [0, 0.05) is 31.3 Å². The average molecular weight is 317 g/mol. The van der Waals surface area contributed by atoms with Gasteiger partial charge in [0.1, 0.15) is 17.6 Å². The molecule has 0 bridgehead atoms. The van der Waals surface area contributed by atoms with Crippen molar-refractivity contribution in [2.24, 2.45) is 0 Å². The van der Waals surface area contributed by atoms with E-state index in [4.69, 9.17) is 26.3 Å². The molecule has 0 unspecified atom stereocenters. The molecule has 0 aliphatic heterocycles. The third-order valence-electron chi connectivity index (χ3n) is 3.00. The number of hydrogen-bond donors (Lipinski definition) is 1. The van der Waals surface area contributed by atoms with Gasteiger partial charge in [0.2, 0.25) is 0 Å². The zero-order valence-electron chi connectivity index (χ0n) is 12.3. The second-order valence-electron chi connectivity index (χ2n) is 4.67. The number of ether oxygens (including phenoxy) is 2. The van der Waals surface area contributed by atoms with E-state index in [1.54, 1.807) is 25.3 Å². The van der Waals surface area contributed by atoms with Crippen molar-refractivity contribution in [3.05, 3.63) is 58.6 Å². The Bertz CT molecular complexity index is 668. The third kappa shape index (κ3) is 4.74. The Morgan fingerprint density at radius 1 is 1.23 bits per heavy atom. The Kier molecular flexibility index (Phi) is 6.23. The average Bonchev–Trinajstić information content (AvgIpc) is 2.52. The van der Waals surface area contributed by atoms with Crippen LogP contribution in [0.3, 0.4) is 0 Å². The summed E-state index contributed by atoms with van der Waals surface area (Å²) in [4.78, 5) is 0. The van der Waals surface area contributed by atoms with Crippen molar-refractivity contribution in [1.29, 1.82) is 5.26 Å². The van der Waals surface area contributed by atoms with Crippen LogP contribution in [0.5, 0.6) is 11.5 Å². The van der Waals surface area contributed by atoms with Crippen molar-refractivity contribution in [2.45, 2.75) is 6.54 Å². The molecule has 0 amide bonds. The molecule has 2 aromatic rings. The summed E-state index contributed by atoms with van der Waals surface area (Å²) in [5, 5.41) is 12.9. The minimum atomic E-state index is 0.452. The zero-order chi connectivity index (χ0) is 15.8. The molecule has 0 fully saturated rings. The molecule has 2 rings (SSSR count). The van der Waals surface area contributed by atoms with Crippen LogP contribution >= 0.6 is 11.6 Å². The number of nitrogens with zero attached hydrogens (tertiary/aromatic N) is 1. The molecule has 0 aliphatic carbocycles. The van der Waals surface area contributed by atoms with Gasteiger partial charge in [-0.05, 0) is 29.8 Å². The number of hydrogen-bond acceptors (Lipinski definition) is 4. The lowest BCUT2D eigenvalue weighted by molar-refractivity contribution is 0.199. The quantitative estimate of drug-likeness (QED) is 0.791. The van der Waals surface area contributed by atoms with Crippen molar-refractivity contribution in [1.82, 2.24) is 5.32 Å². The minimum absolute atomic E-state index is 0.452. The maximum atomic E-state index is 9.11. The van der Waals surface area contributed by atoms with Crippen molar-refractivity contribution in [3.63, 3.8) is 0 Å². The fraction of sp³-hybridized carbons (Fsp3) is 0.235. The number of methoxy groups -OCH3 is 1. The lowest BCUT2D eigenvalue weighted by atomic mass is 10.2. The third-order valence-corrected chi connectivity index (χ3v) is 3.24. The van der Waals surface area contributed by atoms with Crippen molar-refractivity contribution < 1.29 is 9.47 Å². The molecular formula is C17H17ClN2O2. The van der Waals surface area contributed by atoms with E-state index in [0.29, 0.717) is 28.7 Å². The lowest BCUT2D eigenvalue weighted by Gasteiger charge is -2.10. The molecule has 0 atom stereocenters. The highest BCUT2D eigenvalue weighted by molar-refractivity contribution is 6.30. The summed E-state index contributed by atoms with van der Waals surface area (Å²) in [7, 11) is 1.67. The Morgan fingerprint density at radius 3 is 2.86 bits per heavy atom. The normalized spacial score (nSPS) is 10.2. The van der Waals surface area contributed by atoms with Gasteiger partial charge < -0.3 is 14.8 Å². The highest BCUT2D eigenvalue weighted by Crippen LogP contribution is 2.28. The molecule has 1 N–H and O–H groups in total. The first-order valence-corrected chi connectivity index (χ1v) is 7.27. The molecule has 114 valence electrons. The van der Waals surface area contributed by atoms with Gasteiger partial charge in [-0.2, -0.15) is 5.26 Å². The van der Waals surface area contributed by atoms with E-state index in [9.17, 15) is 0 Å². The summed E-state index contributed by atoms with van der Waals surface area (Å²) in [6.07, 6.45) is 0. The molecule has 0 saturated heterocycles. The second kappa shape index (κ2) is 8.40. The summed E-state index contributed by atoms with van der Waals surface area (Å²) in [6, 6.07) is 14.8. The van der Waals surface area contributed by atoms with Crippen LogP contribution in [-0.2, 0) is 11.3 Å². The molecule has 0 radical (unpaired) electrons. The molecule has 0 aliphatic rings. The molecule has 0 aromatic heterocycles. The van der Waals surface area contributed by atoms with E-state index in [1.807, 2.05) is 24.3 Å². The molecule has 0 saturated carbocycles. The Labute approximate surface area is 135 Å². The minimum Gasteiger partial charge on any atom is -0.456 e. The SMILES string of the molecule is COCCNCc1cccc(Oc2cc(Cl)ccc2C#N)c1. The molecule has 0 spiro atoms. The van der Waals surface area contributed by atoms with Gasteiger partial charge in [-0.25, -0.2) is 0 Å². The predicted molar refractivity (Wildman–Crippen MR) is 86.3 cm³/mol. The van der Waals surface area contributed by atoms with Crippen LogP contribution in [0.1, 0.15) is 11.1 Å². The van der Waals surface area contributed by atoms with Crippen LogP contribution in [0, 0.1) is 11.3 Å². The van der Waals surface area contributed by atoms with E-state index in [1.165, 1.54) is 0 Å². The Hall–Kier alpha value is -2.06. The predicted octanol–water partition coefficient (Wildman–Crippen LogP) is 3.74. The number of benzene rings is 2. The molecular weight excluding hydrogens is 300 g/mol. The first-order chi connectivity index (χ1) is 10.7. The standard InChI is InChI=1S/C17H17ClN2O2/c1-21-8-7-20-12-13-3-2-4-16(9-13)22-17-10-15(18)6-5-14(17)11-19/h2-6,9-10,20H,7-8,12H2,1H3. The maximum absolute atomic E-state index is 9.11. The number of halogens is 1. The summed E-state index contributed by atoms with van der Waals surface area (Å²) in [6.45, 7) is 2.18. The summed E-state index contributed by atoms with van der Waals surface area (Å²) >= 11 is 5.96. The van der Waals surface area contributed by atoms with E-state index in [0.717, 1.165) is 18.7 Å². The fourth-order valence-corrected chi connectivity index (χ4v) is 2.09. The molecule has 5 heteroatoms.